The second-order valence-corrected chi connectivity index (χ2v) is 8.18. The van der Waals surface area contributed by atoms with Gasteiger partial charge in [-0.25, -0.2) is 9.37 Å². The predicted octanol–water partition coefficient (Wildman–Crippen LogP) is 4.61. The van der Waals surface area contributed by atoms with Crippen LogP contribution in [0.4, 0.5) is 16.2 Å². The molecule has 3 aromatic heterocycles. The van der Waals surface area contributed by atoms with Crippen molar-refractivity contribution in [3.63, 3.8) is 0 Å². The van der Waals surface area contributed by atoms with E-state index in [1.165, 1.54) is 18.5 Å². The van der Waals surface area contributed by atoms with E-state index < -0.39 is 11.9 Å². The molecule has 0 radical (unpaired) electrons. The minimum absolute atomic E-state index is 0.0241. The first-order chi connectivity index (χ1) is 17.5. The van der Waals surface area contributed by atoms with Crippen LogP contribution in [0.25, 0.3) is 27.6 Å². The number of pyridine rings is 2. The Balaban J connectivity index is 1.75. The van der Waals surface area contributed by atoms with Crippen LogP contribution in [0.5, 0.6) is 0 Å². The Kier molecular flexibility index (Phi) is 5.84. The number of anilines is 2. The highest BCUT2D eigenvalue weighted by Gasteiger charge is 2.20. The molecule has 3 heterocycles. The second-order valence-electron chi connectivity index (χ2n) is 8.18. The molecule has 36 heavy (non-hydrogen) atoms. The Morgan fingerprint density at radius 3 is 2.64 bits per heavy atom. The van der Waals surface area contributed by atoms with E-state index in [1.807, 2.05) is 61.5 Å². The Hall–Kier alpha value is -5.10. The minimum atomic E-state index is -0.486. The Bertz CT molecular complexity index is 1690. The Morgan fingerprint density at radius 1 is 1.08 bits per heavy atom. The van der Waals surface area contributed by atoms with Gasteiger partial charge in [0, 0.05) is 23.1 Å². The maximum absolute atomic E-state index is 14.1. The summed E-state index contributed by atoms with van der Waals surface area (Å²) >= 11 is 0. The molecule has 0 unspecified atom stereocenters. The number of nitrogens with one attached hydrogen (secondary N) is 1. The number of nitrogens with zero attached hydrogens (tertiary/aromatic N) is 5. The average molecular weight is 478 g/mol. The second kappa shape index (κ2) is 9.27. The van der Waals surface area contributed by atoms with Gasteiger partial charge in [0.05, 0.1) is 23.8 Å². The van der Waals surface area contributed by atoms with E-state index >= 15 is 0 Å². The van der Waals surface area contributed by atoms with Crippen LogP contribution in [0, 0.1) is 17.1 Å². The SMILES string of the molecule is C[C@H](Nc1nc(N)ncc1C#N)c1cc2cccc(-c3cncc(F)c3)c2c(=O)n1-c1ccccc1. The number of nitrogens with two attached hydrogens (primary N) is 1. The number of rotatable bonds is 5. The van der Waals surface area contributed by atoms with Gasteiger partial charge >= 0.3 is 0 Å². The number of halogens is 1. The molecule has 0 aliphatic carbocycles. The van der Waals surface area contributed by atoms with E-state index in [4.69, 9.17) is 5.73 Å². The lowest BCUT2D eigenvalue weighted by Crippen LogP contribution is -2.26. The molecule has 2 aromatic carbocycles. The summed E-state index contributed by atoms with van der Waals surface area (Å²) in [5.74, 6) is -0.194. The van der Waals surface area contributed by atoms with Crippen molar-refractivity contribution in [1.29, 1.82) is 5.26 Å². The maximum atomic E-state index is 14.1. The summed E-state index contributed by atoms with van der Waals surface area (Å²) in [4.78, 5) is 26.1. The van der Waals surface area contributed by atoms with E-state index in [0.29, 0.717) is 33.3 Å². The standard InChI is InChI=1S/C27H20FN7O/c1-16(33-25-19(12-29)14-32-27(30)34-25)23-11-17-6-5-9-22(18-10-20(28)15-31-13-18)24(17)26(36)35(23)21-7-3-2-4-8-21/h2-11,13-16H,1H3,(H3,30,32,33,34)/t16-/m0/s1. The van der Waals surface area contributed by atoms with E-state index in [2.05, 4.69) is 20.3 Å². The van der Waals surface area contributed by atoms with Crippen LogP contribution in [0.15, 0.2) is 84.0 Å². The first kappa shape index (κ1) is 22.7. The molecule has 0 aliphatic rings. The molecule has 176 valence electrons. The van der Waals surface area contributed by atoms with Crippen molar-refractivity contribution in [2.45, 2.75) is 13.0 Å². The summed E-state index contributed by atoms with van der Waals surface area (Å²) in [6.07, 6.45) is 4.00. The normalized spacial score (nSPS) is 11.7. The molecule has 0 saturated heterocycles. The van der Waals surface area contributed by atoms with Crippen LogP contribution in [0.1, 0.15) is 24.2 Å². The molecule has 0 bridgehead atoms. The molecule has 8 nitrogen and oxygen atoms in total. The molecule has 5 aromatic rings. The third-order valence-electron chi connectivity index (χ3n) is 5.83. The highest BCUT2D eigenvalue weighted by Crippen LogP contribution is 2.30. The van der Waals surface area contributed by atoms with E-state index in [9.17, 15) is 14.4 Å². The monoisotopic (exact) mass is 477 g/mol. The number of hydrogen-bond donors (Lipinski definition) is 2. The summed E-state index contributed by atoms with van der Waals surface area (Å²) in [5.41, 5.74) is 8.07. The summed E-state index contributed by atoms with van der Waals surface area (Å²) in [6, 6.07) is 19.5. The molecule has 9 heteroatoms. The first-order valence-electron chi connectivity index (χ1n) is 11.1. The highest BCUT2D eigenvalue weighted by atomic mass is 19.1. The lowest BCUT2D eigenvalue weighted by atomic mass is 9.98. The van der Waals surface area contributed by atoms with E-state index in [-0.39, 0.29) is 22.9 Å². The Morgan fingerprint density at radius 2 is 1.89 bits per heavy atom. The van der Waals surface area contributed by atoms with Gasteiger partial charge < -0.3 is 11.1 Å². The van der Waals surface area contributed by atoms with E-state index in [1.54, 1.807) is 10.6 Å². The fourth-order valence-corrected chi connectivity index (χ4v) is 4.21. The third kappa shape index (κ3) is 4.12. The molecule has 0 saturated carbocycles. The molecule has 1 atom stereocenters. The van der Waals surface area contributed by atoms with Crippen molar-refractivity contribution < 1.29 is 4.39 Å². The predicted molar refractivity (Wildman–Crippen MR) is 136 cm³/mol. The van der Waals surface area contributed by atoms with Crippen molar-refractivity contribution in [3.05, 3.63) is 107 Å². The quantitative estimate of drug-likeness (QED) is 0.379. The summed E-state index contributed by atoms with van der Waals surface area (Å²) in [6.45, 7) is 1.86. The van der Waals surface area contributed by atoms with Gasteiger partial charge in [0.25, 0.3) is 5.56 Å². The molecule has 5 rings (SSSR count). The molecular formula is C27H20FN7O. The lowest BCUT2D eigenvalue weighted by molar-refractivity contribution is 0.622. The van der Waals surface area contributed by atoms with Gasteiger partial charge in [-0.1, -0.05) is 36.4 Å². The third-order valence-corrected chi connectivity index (χ3v) is 5.83. The number of hydrogen-bond acceptors (Lipinski definition) is 7. The van der Waals surface area contributed by atoms with Gasteiger partial charge in [0.15, 0.2) is 0 Å². The maximum Gasteiger partial charge on any atom is 0.263 e. The molecule has 3 N–H and O–H groups in total. The number of benzene rings is 2. The fraction of sp³-hybridized carbons (Fsp3) is 0.0741. The summed E-state index contributed by atoms with van der Waals surface area (Å²) in [7, 11) is 0. The summed E-state index contributed by atoms with van der Waals surface area (Å²) in [5, 5.41) is 13.8. The topological polar surface area (TPSA) is 123 Å². The van der Waals surface area contributed by atoms with Crippen molar-refractivity contribution in [2.75, 3.05) is 11.1 Å². The number of para-hydroxylation sites is 1. The van der Waals surface area contributed by atoms with Crippen molar-refractivity contribution in [3.8, 4) is 22.9 Å². The van der Waals surface area contributed by atoms with Crippen LogP contribution >= 0.6 is 0 Å². The minimum Gasteiger partial charge on any atom is -0.368 e. The van der Waals surface area contributed by atoms with Gasteiger partial charge in [-0.3, -0.25) is 14.3 Å². The largest absolute Gasteiger partial charge is 0.368 e. The first-order valence-corrected chi connectivity index (χ1v) is 11.1. The zero-order valence-corrected chi connectivity index (χ0v) is 19.2. The van der Waals surface area contributed by atoms with Crippen LogP contribution < -0.4 is 16.6 Å². The average Bonchev–Trinajstić information content (AvgIpc) is 2.89. The smallest absolute Gasteiger partial charge is 0.263 e. The van der Waals surface area contributed by atoms with Crippen molar-refractivity contribution in [1.82, 2.24) is 19.5 Å². The molecular weight excluding hydrogens is 457 g/mol. The fourth-order valence-electron chi connectivity index (χ4n) is 4.21. The molecule has 0 amide bonds. The van der Waals surface area contributed by atoms with E-state index in [0.717, 1.165) is 6.20 Å². The van der Waals surface area contributed by atoms with Gasteiger partial charge in [0.1, 0.15) is 23.3 Å². The Labute approximate surface area is 205 Å². The molecule has 0 fully saturated rings. The van der Waals surface area contributed by atoms with Crippen molar-refractivity contribution in [2.24, 2.45) is 0 Å². The number of aromatic nitrogens is 4. The zero-order valence-electron chi connectivity index (χ0n) is 19.2. The lowest BCUT2D eigenvalue weighted by Gasteiger charge is -2.22. The number of nitrogen functional groups attached to an aromatic ring is 1. The summed E-state index contributed by atoms with van der Waals surface area (Å²) < 4.78 is 15.6. The van der Waals surface area contributed by atoms with Crippen LogP contribution in [0.2, 0.25) is 0 Å². The van der Waals surface area contributed by atoms with Crippen LogP contribution in [-0.2, 0) is 0 Å². The molecule has 0 aliphatic heterocycles. The van der Waals surface area contributed by atoms with Crippen LogP contribution in [0.3, 0.4) is 0 Å². The number of nitriles is 1. The van der Waals surface area contributed by atoms with Gasteiger partial charge in [-0.05, 0) is 42.1 Å². The zero-order chi connectivity index (χ0) is 25.2. The van der Waals surface area contributed by atoms with Gasteiger partial charge in [-0.15, -0.1) is 0 Å². The van der Waals surface area contributed by atoms with Gasteiger partial charge in [-0.2, -0.15) is 10.2 Å². The van der Waals surface area contributed by atoms with Crippen molar-refractivity contribution >= 4 is 22.5 Å². The van der Waals surface area contributed by atoms with Gasteiger partial charge in [0.2, 0.25) is 5.95 Å². The highest BCUT2D eigenvalue weighted by molar-refractivity contribution is 5.96. The molecule has 0 spiro atoms. The van der Waals surface area contributed by atoms with Crippen LogP contribution in [-0.4, -0.2) is 19.5 Å². The number of fused-ring (bicyclic) bond motifs is 1.